The molecule has 0 aliphatic carbocycles. The molecule has 3 aromatic carbocycles. The van der Waals surface area contributed by atoms with Gasteiger partial charge in [-0.15, -0.1) is 0 Å². The highest BCUT2D eigenvalue weighted by atomic mass is 32.2. The lowest BCUT2D eigenvalue weighted by Gasteiger charge is -2.35. The van der Waals surface area contributed by atoms with Crippen LogP contribution in [0.25, 0.3) is 0 Å². The third-order valence-corrected chi connectivity index (χ3v) is 9.43. The summed E-state index contributed by atoms with van der Waals surface area (Å²) in [5.41, 5.74) is 4.14. The molecule has 0 spiro atoms. The lowest BCUT2D eigenvalue weighted by Crippen LogP contribution is -2.32. The number of hydrogen-bond donors (Lipinski definition) is 0. The van der Waals surface area contributed by atoms with Crippen molar-refractivity contribution in [2.24, 2.45) is 0 Å². The number of rotatable bonds is 6. The Bertz CT molecular complexity index is 1390. The number of benzene rings is 3. The molecule has 0 radical (unpaired) electrons. The average molecular weight is 480 g/mol. The molecule has 0 saturated heterocycles. The molecule has 0 bridgehead atoms. The van der Waals surface area contributed by atoms with E-state index in [-0.39, 0.29) is 17.0 Å². The fourth-order valence-corrected chi connectivity index (χ4v) is 6.88. The van der Waals surface area contributed by atoms with E-state index in [1.54, 1.807) is 12.1 Å². The predicted molar refractivity (Wildman–Crippen MR) is 130 cm³/mol. The van der Waals surface area contributed by atoms with Crippen molar-refractivity contribution in [2.75, 3.05) is 25.0 Å². The van der Waals surface area contributed by atoms with Gasteiger partial charge in [0.2, 0.25) is 10.0 Å². The van der Waals surface area contributed by atoms with Gasteiger partial charge < -0.3 is 4.90 Å². The molecule has 1 heterocycles. The minimum absolute atomic E-state index is 0.0190. The Kier molecular flexibility index (Phi) is 6.39. The maximum absolute atomic E-state index is 13.2. The largest absolute Gasteiger partial charge is 0.339 e. The number of fused-ring (bicyclic) bond motifs is 2. The molecule has 3 aromatic rings. The summed E-state index contributed by atoms with van der Waals surface area (Å²) in [6.07, 6.45) is 0.554. The Labute approximate surface area is 197 Å². The Morgan fingerprint density at radius 3 is 2.45 bits per heavy atom. The summed E-state index contributed by atoms with van der Waals surface area (Å²) in [7, 11) is -3.52. The van der Waals surface area contributed by atoms with Crippen LogP contribution in [0.3, 0.4) is 0 Å². The molecule has 0 N–H and O–H groups in total. The molecule has 170 valence electrons. The van der Waals surface area contributed by atoms with E-state index < -0.39 is 20.8 Å². The van der Waals surface area contributed by atoms with Gasteiger partial charge in [-0.05, 0) is 61.7 Å². The first kappa shape index (κ1) is 23.2. The maximum atomic E-state index is 13.2. The van der Waals surface area contributed by atoms with Crippen LogP contribution in [-0.2, 0) is 20.8 Å². The molecule has 1 aliphatic heterocycles. The standard InChI is InChI=1S/C25H25N3O3S2/c1-18-13-14-23-25(19(18)2)28(21-10-5-6-11-22(21)32(23)29)16-8-15-27(3)33(30,31)24-12-7-4-9-20(24)17-26/h4-7,9-14H,8,15-16H2,1-3H3. The van der Waals surface area contributed by atoms with Gasteiger partial charge in [-0.2, -0.15) is 5.26 Å². The van der Waals surface area contributed by atoms with Crippen LogP contribution in [0.5, 0.6) is 0 Å². The molecule has 0 amide bonds. The molecule has 33 heavy (non-hydrogen) atoms. The SMILES string of the molecule is Cc1ccc2c(c1C)N(CCCN(C)S(=O)(=O)c1ccccc1C#N)c1ccccc1S2=O. The Balaban J connectivity index is 1.61. The van der Waals surface area contributed by atoms with E-state index in [1.807, 2.05) is 56.3 Å². The van der Waals surface area contributed by atoms with Gasteiger partial charge in [-0.25, -0.2) is 16.9 Å². The van der Waals surface area contributed by atoms with Crippen LogP contribution in [0, 0.1) is 25.2 Å². The summed E-state index contributed by atoms with van der Waals surface area (Å²) in [5.74, 6) is 0. The van der Waals surface area contributed by atoms with Crippen molar-refractivity contribution < 1.29 is 12.6 Å². The normalized spacial score (nSPS) is 15.1. The van der Waals surface area contributed by atoms with E-state index in [0.717, 1.165) is 32.3 Å². The highest BCUT2D eigenvalue weighted by Crippen LogP contribution is 2.44. The van der Waals surface area contributed by atoms with Gasteiger partial charge in [0.1, 0.15) is 6.07 Å². The molecule has 1 aliphatic rings. The summed E-state index contributed by atoms with van der Waals surface area (Å²) in [5, 5.41) is 9.30. The van der Waals surface area contributed by atoms with Gasteiger partial charge in [-0.1, -0.05) is 30.3 Å². The number of anilines is 2. The van der Waals surface area contributed by atoms with Crippen LogP contribution in [0.2, 0.25) is 0 Å². The first-order valence-electron chi connectivity index (χ1n) is 10.6. The second kappa shape index (κ2) is 9.10. The second-order valence-electron chi connectivity index (χ2n) is 8.03. The highest BCUT2D eigenvalue weighted by Gasteiger charge is 2.30. The number of aryl methyl sites for hydroxylation is 1. The van der Waals surface area contributed by atoms with Crippen molar-refractivity contribution >= 4 is 32.2 Å². The topological polar surface area (TPSA) is 81.5 Å². The monoisotopic (exact) mass is 479 g/mol. The predicted octanol–water partition coefficient (Wildman–Crippen LogP) is 4.50. The van der Waals surface area contributed by atoms with Gasteiger partial charge in [0.25, 0.3) is 0 Å². The Morgan fingerprint density at radius 1 is 1.00 bits per heavy atom. The molecule has 8 heteroatoms. The van der Waals surface area contributed by atoms with Crippen molar-refractivity contribution in [2.45, 2.75) is 35.0 Å². The number of sulfonamides is 1. The first-order chi connectivity index (χ1) is 15.8. The molecule has 1 atom stereocenters. The van der Waals surface area contributed by atoms with Crippen LogP contribution in [0.4, 0.5) is 11.4 Å². The maximum Gasteiger partial charge on any atom is 0.244 e. The lowest BCUT2D eigenvalue weighted by atomic mass is 10.1. The Morgan fingerprint density at radius 2 is 1.70 bits per heavy atom. The molecular formula is C25H25N3O3S2. The van der Waals surface area contributed by atoms with Crippen molar-refractivity contribution in [3.8, 4) is 6.07 Å². The number of hydrogen-bond acceptors (Lipinski definition) is 5. The summed E-state index contributed by atoms with van der Waals surface area (Å²) >= 11 is 0. The van der Waals surface area contributed by atoms with Crippen LogP contribution in [0.1, 0.15) is 23.1 Å². The van der Waals surface area contributed by atoms with Gasteiger partial charge in [0, 0.05) is 20.1 Å². The smallest absolute Gasteiger partial charge is 0.244 e. The minimum atomic E-state index is -3.79. The molecule has 6 nitrogen and oxygen atoms in total. The number of para-hydroxylation sites is 1. The van der Waals surface area contributed by atoms with Gasteiger partial charge in [0.15, 0.2) is 0 Å². The van der Waals surface area contributed by atoms with Crippen LogP contribution in [0.15, 0.2) is 75.4 Å². The number of nitrogens with zero attached hydrogens (tertiary/aromatic N) is 3. The molecular weight excluding hydrogens is 454 g/mol. The Hall–Kier alpha value is -2.99. The molecule has 0 aromatic heterocycles. The third-order valence-electron chi connectivity index (χ3n) is 6.04. The summed E-state index contributed by atoms with van der Waals surface area (Å²) in [6.45, 7) is 4.90. The van der Waals surface area contributed by atoms with Gasteiger partial charge in [-0.3, -0.25) is 0 Å². The fourth-order valence-electron chi connectivity index (χ4n) is 4.09. The average Bonchev–Trinajstić information content (AvgIpc) is 2.83. The summed E-state index contributed by atoms with van der Waals surface area (Å²) in [6, 6.07) is 19.8. The zero-order valence-corrected chi connectivity index (χ0v) is 20.4. The zero-order chi connectivity index (χ0) is 23.8. The number of nitriles is 1. The van der Waals surface area contributed by atoms with Crippen molar-refractivity contribution in [3.05, 3.63) is 77.4 Å². The quantitative estimate of drug-likeness (QED) is 0.520. The van der Waals surface area contributed by atoms with E-state index >= 15 is 0 Å². The summed E-state index contributed by atoms with van der Waals surface area (Å²) < 4.78 is 40.6. The first-order valence-corrected chi connectivity index (χ1v) is 13.2. The molecule has 4 rings (SSSR count). The van der Waals surface area contributed by atoms with E-state index in [2.05, 4.69) is 4.90 Å². The van der Waals surface area contributed by atoms with Crippen LogP contribution < -0.4 is 4.90 Å². The van der Waals surface area contributed by atoms with Crippen LogP contribution >= 0.6 is 0 Å². The summed E-state index contributed by atoms with van der Waals surface area (Å²) in [4.78, 5) is 3.71. The molecule has 0 fully saturated rings. The van der Waals surface area contributed by atoms with E-state index in [9.17, 15) is 17.9 Å². The molecule has 0 saturated carbocycles. The van der Waals surface area contributed by atoms with E-state index in [4.69, 9.17) is 0 Å². The van der Waals surface area contributed by atoms with Crippen molar-refractivity contribution in [1.82, 2.24) is 4.31 Å². The highest BCUT2D eigenvalue weighted by molar-refractivity contribution is 7.89. The van der Waals surface area contributed by atoms with Crippen molar-refractivity contribution in [1.29, 1.82) is 5.26 Å². The minimum Gasteiger partial charge on any atom is -0.339 e. The zero-order valence-electron chi connectivity index (χ0n) is 18.8. The second-order valence-corrected chi connectivity index (χ2v) is 11.5. The lowest BCUT2D eigenvalue weighted by molar-refractivity contribution is 0.462. The van der Waals surface area contributed by atoms with Gasteiger partial charge in [0.05, 0.1) is 42.4 Å². The van der Waals surface area contributed by atoms with E-state index in [0.29, 0.717) is 13.0 Å². The van der Waals surface area contributed by atoms with Gasteiger partial charge >= 0.3 is 0 Å². The molecule has 1 unspecified atom stereocenters. The van der Waals surface area contributed by atoms with E-state index in [1.165, 1.54) is 23.5 Å². The van der Waals surface area contributed by atoms with Crippen LogP contribution in [-0.4, -0.2) is 37.1 Å². The van der Waals surface area contributed by atoms with Crippen molar-refractivity contribution in [3.63, 3.8) is 0 Å². The third kappa shape index (κ3) is 4.08. The fraction of sp³-hybridized carbons (Fsp3) is 0.240.